The number of amides is 1. The Morgan fingerprint density at radius 2 is 1.58 bits per heavy atom. The molecule has 0 saturated carbocycles. The molecule has 0 fully saturated rings. The highest BCUT2D eigenvalue weighted by Crippen LogP contribution is 2.17. The van der Waals surface area contributed by atoms with Crippen LogP contribution in [-0.4, -0.2) is 77.6 Å². The van der Waals surface area contributed by atoms with Gasteiger partial charge in [-0.25, -0.2) is 8.42 Å². The van der Waals surface area contributed by atoms with Gasteiger partial charge in [0, 0.05) is 38.8 Å². The van der Waals surface area contributed by atoms with Gasteiger partial charge >= 0.3 is 0 Å². The smallest absolute Gasteiger partial charge is 0.243 e. The van der Waals surface area contributed by atoms with Gasteiger partial charge in [-0.1, -0.05) is 15.9 Å². The lowest BCUT2D eigenvalue weighted by atomic mass is 10.4. The average molecular weight is 423 g/mol. The van der Waals surface area contributed by atoms with E-state index in [9.17, 15) is 13.2 Å². The summed E-state index contributed by atoms with van der Waals surface area (Å²) in [5.74, 6) is -0.299. The van der Waals surface area contributed by atoms with Gasteiger partial charge in [-0.2, -0.15) is 4.31 Å². The number of nitrogens with zero attached hydrogens (tertiary/aromatic N) is 2. The minimum Gasteiger partial charge on any atom is -0.383 e. The summed E-state index contributed by atoms with van der Waals surface area (Å²) in [6.45, 7) is 1.26. The number of rotatable bonds is 10. The summed E-state index contributed by atoms with van der Waals surface area (Å²) in [7, 11) is 0.756. The second-order valence-electron chi connectivity index (χ2n) is 5.08. The van der Waals surface area contributed by atoms with Gasteiger partial charge in [-0.3, -0.25) is 4.79 Å². The molecule has 0 spiro atoms. The molecule has 0 unspecified atom stereocenters. The molecule has 1 amide bonds. The topological polar surface area (TPSA) is 76.2 Å². The average Bonchev–Trinajstić information content (AvgIpc) is 2.55. The second-order valence-corrected chi connectivity index (χ2v) is 8.04. The third-order valence-electron chi connectivity index (χ3n) is 3.36. The van der Waals surface area contributed by atoms with Crippen molar-refractivity contribution in [2.45, 2.75) is 4.90 Å². The van der Waals surface area contributed by atoms with E-state index in [0.717, 1.165) is 8.78 Å². The molecule has 0 aliphatic rings. The molecule has 0 heterocycles. The van der Waals surface area contributed by atoms with Crippen LogP contribution in [0.4, 0.5) is 0 Å². The zero-order chi connectivity index (χ0) is 18.2. The van der Waals surface area contributed by atoms with Gasteiger partial charge in [-0.15, -0.1) is 0 Å². The van der Waals surface area contributed by atoms with Crippen LogP contribution in [0.3, 0.4) is 0 Å². The monoisotopic (exact) mass is 422 g/mol. The highest BCUT2D eigenvalue weighted by atomic mass is 79.9. The summed E-state index contributed by atoms with van der Waals surface area (Å²) in [6, 6.07) is 6.28. The maximum atomic E-state index is 12.5. The van der Waals surface area contributed by atoms with Crippen molar-refractivity contribution in [1.82, 2.24) is 9.21 Å². The Labute approximate surface area is 151 Å². The van der Waals surface area contributed by atoms with Gasteiger partial charge in [0.1, 0.15) is 0 Å². The van der Waals surface area contributed by atoms with Crippen molar-refractivity contribution in [3.05, 3.63) is 28.7 Å². The molecule has 1 rings (SSSR count). The lowest BCUT2D eigenvalue weighted by Crippen LogP contribution is -2.43. The molecule has 136 valence electrons. The molecular weight excluding hydrogens is 400 g/mol. The highest BCUT2D eigenvalue weighted by Gasteiger charge is 2.25. The molecule has 0 atom stereocenters. The number of carbonyl (C=O) groups excluding carboxylic acids is 1. The first-order chi connectivity index (χ1) is 11.3. The zero-order valence-corrected chi connectivity index (χ0v) is 16.5. The normalized spacial score (nSPS) is 11.7. The largest absolute Gasteiger partial charge is 0.383 e. The molecule has 1 aromatic rings. The summed E-state index contributed by atoms with van der Waals surface area (Å²) in [4.78, 5) is 14.1. The number of carbonyl (C=O) groups is 1. The van der Waals surface area contributed by atoms with Crippen molar-refractivity contribution in [2.75, 3.05) is 54.1 Å². The van der Waals surface area contributed by atoms with E-state index in [4.69, 9.17) is 9.47 Å². The van der Waals surface area contributed by atoms with E-state index in [1.807, 2.05) is 0 Å². The number of benzene rings is 1. The van der Waals surface area contributed by atoms with Gasteiger partial charge in [-0.05, 0) is 24.3 Å². The van der Waals surface area contributed by atoms with E-state index in [1.165, 1.54) is 24.1 Å². The summed E-state index contributed by atoms with van der Waals surface area (Å²) in [5, 5.41) is 0. The summed E-state index contributed by atoms with van der Waals surface area (Å²) in [6.07, 6.45) is 0. The lowest BCUT2D eigenvalue weighted by molar-refractivity contribution is -0.132. The minimum atomic E-state index is -3.72. The fraction of sp³-hybridized carbons (Fsp3) is 0.533. The highest BCUT2D eigenvalue weighted by molar-refractivity contribution is 9.10. The molecule has 0 saturated heterocycles. The van der Waals surface area contributed by atoms with Crippen molar-refractivity contribution < 1.29 is 22.7 Å². The van der Waals surface area contributed by atoms with Crippen LogP contribution in [0.1, 0.15) is 0 Å². The SMILES string of the molecule is COCCN(CCOC)C(=O)CN(C)S(=O)(=O)c1ccc(Br)cc1. The zero-order valence-electron chi connectivity index (χ0n) is 14.1. The van der Waals surface area contributed by atoms with Crippen LogP contribution >= 0.6 is 15.9 Å². The van der Waals surface area contributed by atoms with Gasteiger partial charge in [0.25, 0.3) is 0 Å². The van der Waals surface area contributed by atoms with E-state index in [2.05, 4.69) is 15.9 Å². The number of hydrogen-bond donors (Lipinski definition) is 0. The Morgan fingerprint density at radius 3 is 2.04 bits per heavy atom. The number of halogens is 1. The van der Waals surface area contributed by atoms with E-state index >= 15 is 0 Å². The van der Waals surface area contributed by atoms with Crippen molar-refractivity contribution in [3.63, 3.8) is 0 Å². The predicted molar refractivity (Wildman–Crippen MR) is 94.3 cm³/mol. The third kappa shape index (κ3) is 6.14. The van der Waals surface area contributed by atoms with Crippen LogP contribution in [-0.2, 0) is 24.3 Å². The first-order valence-electron chi connectivity index (χ1n) is 7.30. The molecule has 0 aromatic heterocycles. The number of hydrogen-bond acceptors (Lipinski definition) is 5. The fourth-order valence-corrected chi connectivity index (χ4v) is 3.31. The van der Waals surface area contributed by atoms with Crippen molar-refractivity contribution in [2.24, 2.45) is 0 Å². The summed E-state index contributed by atoms with van der Waals surface area (Å²) in [5.41, 5.74) is 0. The Morgan fingerprint density at radius 1 is 1.08 bits per heavy atom. The van der Waals surface area contributed by atoms with E-state index < -0.39 is 10.0 Å². The maximum absolute atomic E-state index is 12.5. The van der Waals surface area contributed by atoms with Gasteiger partial charge in [0.15, 0.2) is 0 Å². The predicted octanol–water partition coefficient (Wildman–Crippen LogP) is 1.19. The van der Waals surface area contributed by atoms with Crippen LogP contribution in [0.2, 0.25) is 0 Å². The number of likely N-dealkylation sites (N-methyl/N-ethyl adjacent to an activating group) is 1. The molecule has 0 radical (unpaired) electrons. The Balaban J connectivity index is 2.80. The number of ether oxygens (including phenoxy) is 2. The molecule has 1 aromatic carbocycles. The Kier molecular flexibility index (Phi) is 8.85. The van der Waals surface area contributed by atoms with Crippen molar-refractivity contribution in [3.8, 4) is 0 Å². The second kappa shape index (κ2) is 10.1. The number of methoxy groups -OCH3 is 2. The van der Waals surface area contributed by atoms with Crippen LogP contribution in [0.5, 0.6) is 0 Å². The van der Waals surface area contributed by atoms with Crippen LogP contribution in [0.25, 0.3) is 0 Å². The molecular formula is C15H23BrN2O5S. The quantitative estimate of drug-likeness (QED) is 0.565. The fourth-order valence-electron chi connectivity index (χ4n) is 1.93. The van der Waals surface area contributed by atoms with Gasteiger partial charge in [0.05, 0.1) is 24.7 Å². The van der Waals surface area contributed by atoms with Crippen LogP contribution in [0, 0.1) is 0 Å². The molecule has 7 nitrogen and oxygen atoms in total. The number of sulfonamides is 1. The van der Waals surface area contributed by atoms with Crippen molar-refractivity contribution >= 4 is 31.9 Å². The Hall–Kier alpha value is -1.00. The molecule has 0 aliphatic carbocycles. The summed E-state index contributed by atoms with van der Waals surface area (Å²) >= 11 is 3.26. The van der Waals surface area contributed by atoms with Gasteiger partial charge < -0.3 is 14.4 Å². The van der Waals surface area contributed by atoms with E-state index in [1.54, 1.807) is 26.4 Å². The third-order valence-corrected chi connectivity index (χ3v) is 5.71. The molecule has 24 heavy (non-hydrogen) atoms. The molecule has 0 aliphatic heterocycles. The summed E-state index contributed by atoms with van der Waals surface area (Å²) < 4.78 is 36.8. The van der Waals surface area contributed by atoms with E-state index in [-0.39, 0.29) is 17.3 Å². The van der Waals surface area contributed by atoms with Gasteiger partial charge in [0.2, 0.25) is 15.9 Å². The molecule has 9 heteroatoms. The van der Waals surface area contributed by atoms with Crippen molar-refractivity contribution in [1.29, 1.82) is 0 Å². The first-order valence-corrected chi connectivity index (χ1v) is 9.53. The first kappa shape index (κ1) is 21.0. The van der Waals surface area contributed by atoms with Crippen LogP contribution in [0.15, 0.2) is 33.6 Å². The lowest BCUT2D eigenvalue weighted by Gasteiger charge is -2.25. The minimum absolute atomic E-state index is 0.140. The Bertz CT molecular complexity index is 613. The standard InChI is InChI=1S/C15H23BrN2O5S/c1-17(24(20,21)14-6-4-13(16)5-7-14)12-15(19)18(8-10-22-2)9-11-23-3/h4-7H,8-12H2,1-3H3. The molecule has 0 bridgehead atoms. The maximum Gasteiger partial charge on any atom is 0.243 e. The molecule has 0 N–H and O–H groups in total. The van der Waals surface area contributed by atoms with E-state index in [0.29, 0.717) is 26.3 Å². The van der Waals surface area contributed by atoms with Crippen LogP contribution < -0.4 is 0 Å².